The van der Waals surface area contributed by atoms with Crippen molar-refractivity contribution in [2.45, 2.75) is 19.8 Å². The highest BCUT2D eigenvalue weighted by molar-refractivity contribution is 5.39. The summed E-state index contributed by atoms with van der Waals surface area (Å²) in [6.07, 6.45) is 2.80. The zero-order valence-corrected chi connectivity index (χ0v) is 12.3. The number of benzene rings is 1. The Morgan fingerprint density at radius 2 is 2.25 bits per heavy atom. The number of hydrogen-bond donors (Lipinski definition) is 1. The summed E-state index contributed by atoms with van der Waals surface area (Å²) in [4.78, 5) is 2.47. The SMILES string of the molecule is CCN(CCOc1cccc(C#CCN)c1)CC1CC1. The van der Waals surface area contributed by atoms with Crippen molar-refractivity contribution < 1.29 is 4.74 Å². The molecule has 3 heteroatoms. The molecule has 0 atom stereocenters. The second-order valence-electron chi connectivity index (χ2n) is 5.22. The molecular weight excluding hydrogens is 248 g/mol. The fourth-order valence-corrected chi connectivity index (χ4v) is 2.15. The van der Waals surface area contributed by atoms with Crippen LogP contribution in [0.4, 0.5) is 0 Å². The van der Waals surface area contributed by atoms with Gasteiger partial charge in [0, 0.05) is 18.7 Å². The molecule has 1 aliphatic carbocycles. The second-order valence-corrected chi connectivity index (χ2v) is 5.22. The molecule has 1 saturated carbocycles. The van der Waals surface area contributed by atoms with Crippen molar-refractivity contribution in [3.05, 3.63) is 29.8 Å². The fraction of sp³-hybridized carbons (Fsp3) is 0.529. The average Bonchev–Trinajstić information content (AvgIpc) is 3.28. The number of rotatable bonds is 7. The van der Waals surface area contributed by atoms with E-state index in [1.807, 2.05) is 24.3 Å². The van der Waals surface area contributed by atoms with Gasteiger partial charge in [0.25, 0.3) is 0 Å². The molecule has 1 fully saturated rings. The lowest BCUT2D eigenvalue weighted by Gasteiger charge is -2.20. The van der Waals surface area contributed by atoms with E-state index in [0.29, 0.717) is 6.54 Å². The molecule has 1 aliphatic rings. The molecule has 0 bridgehead atoms. The summed E-state index contributed by atoms with van der Waals surface area (Å²) in [5.41, 5.74) is 6.33. The van der Waals surface area contributed by atoms with Crippen LogP contribution in [0.15, 0.2) is 24.3 Å². The van der Waals surface area contributed by atoms with Gasteiger partial charge in [-0.3, -0.25) is 4.90 Å². The summed E-state index contributed by atoms with van der Waals surface area (Å²) in [5, 5.41) is 0. The van der Waals surface area contributed by atoms with Gasteiger partial charge >= 0.3 is 0 Å². The third-order valence-electron chi connectivity index (χ3n) is 3.51. The second kappa shape index (κ2) is 7.94. The molecule has 2 rings (SSSR count). The highest BCUT2D eigenvalue weighted by Gasteiger charge is 2.23. The minimum Gasteiger partial charge on any atom is -0.492 e. The van der Waals surface area contributed by atoms with E-state index in [-0.39, 0.29) is 0 Å². The van der Waals surface area contributed by atoms with E-state index in [1.54, 1.807) is 0 Å². The molecule has 0 radical (unpaired) electrons. The first-order chi connectivity index (χ1) is 9.81. The van der Waals surface area contributed by atoms with Gasteiger partial charge in [-0.15, -0.1) is 0 Å². The third-order valence-corrected chi connectivity index (χ3v) is 3.51. The van der Waals surface area contributed by atoms with Crippen LogP contribution in [0.25, 0.3) is 0 Å². The first-order valence-corrected chi connectivity index (χ1v) is 7.46. The van der Waals surface area contributed by atoms with Crippen LogP contribution in [-0.4, -0.2) is 37.7 Å². The molecule has 0 saturated heterocycles. The highest BCUT2D eigenvalue weighted by atomic mass is 16.5. The summed E-state index contributed by atoms with van der Waals surface area (Å²) in [6.45, 7) is 6.65. The maximum Gasteiger partial charge on any atom is 0.120 e. The topological polar surface area (TPSA) is 38.5 Å². The van der Waals surface area contributed by atoms with Crippen molar-refractivity contribution in [1.29, 1.82) is 0 Å². The van der Waals surface area contributed by atoms with Crippen LogP contribution >= 0.6 is 0 Å². The van der Waals surface area contributed by atoms with Crippen molar-refractivity contribution >= 4 is 0 Å². The smallest absolute Gasteiger partial charge is 0.120 e. The van der Waals surface area contributed by atoms with Crippen molar-refractivity contribution in [2.75, 3.05) is 32.8 Å². The zero-order valence-electron chi connectivity index (χ0n) is 12.3. The van der Waals surface area contributed by atoms with Crippen LogP contribution in [0.3, 0.4) is 0 Å². The molecule has 0 unspecified atom stereocenters. The summed E-state index contributed by atoms with van der Waals surface area (Å²) in [5.74, 6) is 7.70. The molecule has 2 N–H and O–H groups in total. The summed E-state index contributed by atoms with van der Waals surface area (Å²) >= 11 is 0. The van der Waals surface area contributed by atoms with Gasteiger partial charge in [-0.2, -0.15) is 0 Å². The van der Waals surface area contributed by atoms with Crippen LogP contribution in [0, 0.1) is 17.8 Å². The minimum absolute atomic E-state index is 0.387. The van der Waals surface area contributed by atoms with Gasteiger partial charge in [-0.05, 0) is 43.5 Å². The molecule has 3 nitrogen and oxygen atoms in total. The van der Waals surface area contributed by atoms with Crippen LogP contribution < -0.4 is 10.5 Å². The maximum absolute atomic E-state index is 5.82. The first kappa shape index (κ1) is 14.9. The Kier molecular flexibility index (Phi) is 5.91. The van der Waals surface area contributed by atoms with Crippen molar-refractivity contribution in [2.24, 2.45) is 11.7 Å². The van der Waals surface area contributed by atoms with Crippen molar-refractivity contribution in [3.63, 3.8) is 0 Å². The Hall–Kier alpha value is -1.50. The zero-order chi connectivity index (χ0) is 14.2. The monoisotopic (exact) mass is 272 g/mol. The standard InChI is InChI=1S/C17H24N2O/c1-2-19(14-16-8-9-16)11-12-20-17-7-3-5-15(13-17)6-4-10-18/h3,5,7,13,16H,2,8-12,14,18H2,1H3. The van der Waals surface area contributed by atoms with E-state index < -0.39 is 0 Å². The summed E-state index contributed by atoms with van der Waals surface area (Å²) < 4.78 is 5.82. The van der Waals surface area contributed by atoms with Gasteiger partial charge in [0.15, 0.2) is 0 Å². The Labute approximate surface area is 122 Å². The minimum atomic E-state index is 0.387. The fourth-order valence-electron chi connectivity index (χ4n) is 2.15. The van der Waals surface area contributed by atoms with Gasteiger partial charge in [-0.25, -0.2) is 0 Å². The molecule has 0 amide bonds. The summed E-state index contributed by atoms with van der Waals surface area (Å²) in [6, 6.07) is 7.89. The molecular formula is C17H24N2O. The Morgan fingerprint density at radius 3 is 2.95 bits per heavy atom. The molecule has 20 heavy (non-hydrogen) atoms. The molecule has 1 aromatic carbocycles. The lowest BCUT2D eigenvalue weighted by Crippen LogP contribution is -2.30. The number of nitrogens with zero attached hydrogens (tertiary/aromatic N) is 1. The van der Waals surface area contributed by atoms with E-state index in [4.69, 9.17) is 10.5 Å². The predicted molar refractivity (Wildman–Crippen MR) is 82.7 cm³/mol. The average molecular weight is 272 g/mol. The van der Waals surface area contributed by atoms with Gasteiger partial charge in [0.05, 0.1) is 6.54 Å². The van der Waals surface area contributed by atoms with Crippen LogP contribution in [-0.2, 0) is 0 Å². The van der Waals surface area contributed by atoms with E-state index in [0.717, 1.165) is 36.9 Å². The Morgan fingerprint density at radius 1 is 1.40 bits per heavy atom. The number of hydrogen-bond acceptors (Lipinski definition) is 3. The van der Waals surface area contributed by atoms with E-state index in [9.17, 15) is 0 Å². The number of ether oxygens (including phenoxy) is 1. The highest BCUT2D eigenvalue weighted by Crippen LogP contribution is 2.29. The van der Waals surface area contributed by atoms with Gasteiger partial charge in [0.1, 0.15) is 12.4 Å². The molecule has 0 spiro atoms. The van der Waals surface area contributed by atoms with Gasteiger partial charge in [0.2, 0.25) is 0 Å². The van der Waals surface area contributed by atoms with Crippen molar-refractivity contribution in [1.82, 2.24) is 4.90 Å². The van der Waals surface area contributed by atoms with Crippen LogP contribution in [0.5, 0.6) is 5.75 Å². The Balaban J connectivity index is 1.77. The van der Waals surface area contributed by atoms with Gasteiger partial charge in [-0.1, -0.05) is 24.8 Å². The van der Waals surface area contributed by atoms with Gasteiger partial charge < -0.3 is 10.5 Å². The molecule has 0 heterocycles. The van der Waals surface area contributed by atoms with Crippen LogP contribution in [0.1, 0.15) is 25.3 Å². The van der Waals surface area contributed by atoms with E-state index >= 15 is 0 Å². The Bertz CT molecular complexity index is 471. The lowest BCUT2D eigenvalue weighted by atomic mass is 10.2. The van der Waals surface area contributed by atoms with E-state index in [1.165, 1.54) is 19.4 Å². The molecule has 108 valence electrons. The predicted octanol–water partition coefficient (Wildman–Crippen LogP) is 2.11. The number of nitrogens with two attached hydrogens (primary N) is 1. The third kappa shape index (κ3) is 5.24. The largest absolute Gasteiger partial charge is 0.492 e. The van der Waals surface area contributed by atoms with Crippen LogP contribution in [0.2, 0.25) is 0 Å². The summed E-state index contributed by atoms with van der Waals surface area (Å²) in [7, 11) is 0. The lowest BCUT2D eigenvalue weighted by molar-refractivity contribution is 0.210. The molecule has 1 aromatic rings. The maximum atomic E-state index is 5.82. The molecule has 0 aliphatic heterocycles. The first-order valence-electron chi connectivity index (χ1n) is 7.46. The van der Waals surface area contributed by atoms with E-state index in [2.05, 4.69) is 23.7 Å². The quantitative estimate of drug-likeness (QED) is 0.773. The number of likely N-dealkylation sites (N-methyl/N-ethyl adjacent to an activating group) is 1. The molecule has 0 aromatic heterocycles. The normalized spacial score (nSPS) is 13.9. The van der Waals surface area contributed by atoms with Crippen molar-refractivity contribution in [3.8, 4) is 17.6 Å².